The minimum Gasteiger partial charge on any atom is -0.496 e. The van der Waals surface area contributed by atoms with E-state index in [9.17, 15) is 13.2 Å². The summed E-state index contributed by atoms with van der Waals surface area (Å²) in [4.78, 5) is 12.1. The van der Waals surface area contributed by atoms with Crippen molar-refractivity contribution in [1.82, 2.24) is 0 Å². The van der Waals surface area contributed by atoms with E-state index in [1.807, 2.05) is 0 Å². The van der Waals surface area contributed by atoms with Gasteiger partial charge in [-0.1, -0.05) is 33.6 Å². The summed E-state index contributed by atoms with van der Waals surface area (Å²) < 4.78 is 38.9. The second-order valence-corrected chi connectivity index (χ2v) is 7.79. The highest BCUT2D eigenvalue weighted by molar-refractivity contribution is 9.09. The number of esters is 1. The largest absolute Gasteiger partial charge is 0.496 e. The van der Waals surface area contributed by atoms with Gasteiger partial charge in [-0.2, -0.15) is 8.42 Å². The lowest BCUT2D eigenvalue weighted by atomic mass is 9.95. The Morgan fingerprint density at radius 1 is 1.42 bits per heavy atom. The third-order valence-electron chi connectivity index (χ3n) is 3.52. The van der Waals surface area contributed by atoms with Gasteiger partial charge in [-0.3, -0.25) is 0 Å². The maximum atomic E-state index is 12.1. The first-order valence-electron chi connectivity index (χ1n) is 6.89. The summed E-state index contributed by atoms with van der Waals surface area (Å²) in [6.45, 7) is 1.83. The molecule has 0 fully saturated rings. The number of methoxy groups -OCH3 is 1. The summed E-state index contributed by atoms with van der Waals surface area (Å²) in [5, 5.41) is 0.980. The number of hydrogen-bond acceptors (Lipinski definition) is 6. The summed E-state index contributed by atoms with van der Waals surface area (Å²) in [6, 6.07) is 0. The molecule has 0 saturated heterocycles. The van der Waals surface area contributed by atoms with E-state index < -0.39 is 16.1 Å². The summed E-state index contributed by atoms with van der Waals surface area (Å²) in [5.74, 6) is -0.236. The quantitative estimate of drug-likeness (QED) is 0.385. The van der Waals surface area contributed by atoms with E-state index >= 15 is 0 Å². The van der Waals surface area contributed by atoms with Crippen LogP contribution in [0.5, 0.6) is 11.5 Å². The van der Waals surface area contributed by atoms with Gasteiger partial charge >= 0.3 is 16.1 Å². The molecule has 0 radical (unpaired) electrons. The molecule has 0 N–H and O–H groups in total. The number of halogens is 2. The maximum absolute atomic E-state index is 12.1. The molecule has 1 heterocycles. The number of cyclic esters (lactones) is 1. The van der Waals surface area contributed by atoms with Crippen LogP contribution in [0.4, 0.5) is 0 Å². The topological polar surface area (TPSA) is 78.9 Å². The summed E-state index contributed by atoms with van der Waals surface area (Å²) in [6.07, 6.45) is 2.84. The molecule has 1 aliphatic rings. The molecule has 1 aliphatic heterocycles. The minimum absolute atomic E-state index is 0.0504. The minimum atomic E-state index is -3.85. The molecule has 0 amide bonds. The van der Waals surface area contributed by atoms with Crippen LogP contribution in [0.25, 0.3) is 0 Å². The predicted octanol–water partition coefficient (Wildman–Crippen LogP) is 3.07. The highest BCUT2D eigenvalue weighted by Crippen LogP contribution is 2.43. The first kappa shape index (κ1) is 19.1. The molecule has 0 spiro atoms. The van der Waals surface area contributed by atoms with E-state index in [0.29, 0.717) is 32.8 Å². The van der Waals surface area contributed by atoms with E-state index in [-0.39, 0.29) is 24.3 Å². The van der Waals surface area contributed by atoms with Gasteiger partial charge in [0.1, 0.15) is 17.9 Å². The van der Waals surface area contributed by atoms with Gasteiger partial charge in [0.15, 0.2) is 5.75 Å². The molecule has 24 heavy (non-hydrogen) atoms. The van der Waals surface area contributed by atoms with Crippen LogP contribution < -0.4 is 8.92 Å². The number of alkyl halides is 1. The van der Waals surface area contributed by atoms with E-state index in [4.69, 9.17) is 25.3 Å². The van der Waals surface area contributed by atoms with Crippen molar-refractivity contribution in [2.75, 3.05) is 18.7 Å². The van der Waals surface area contributed by atoms with Gasteiger partial charge < -0.3 is 13.7 Å². The van der Waals surface area contributed by atoms with Crippen LogP contribution >= 0.6 is 27.5 Å². The number of hydrogen-bond donors (Lipinski definition) is 0. The van der Waals surface area contributed by atoms with Crippen LogP contribution in [-0.2, 0) is 27.9 Å². The van der Waals surface area contributed by atoms with Gasteiger partial charge in [0, 0.05) is 21.5 Å². The molecule has 0 unspecified atom stereocenters. The molecular formula is C15H16BrClO6S. The highest BCUT2D eigenvalue weighted by Gasteiger charge is 2.34. The van der Waals surface area contributed by atoms with Gasteiger partial charge in [0.25, 0.3) is 0 Å². The SMILES string of the molecule is COc1c(C)c2c(c(OS(C)(=O)=O)c1C/C=C(\Cl)CBr)C(=O)OC2. The standard InChI is InChI=1S/C15H16BrClO6S/c1-8-11-7-22-15(18)12(11)14(23-24(3,19)20)10(13(8)21-2)5-4-9(17)6-16/h4H,5-7H2,1-3H3/b9-4-. The molecule has 1 aromatic rings. The number of allylic oxidation sites excluding steroid dienone is 2. The monoisotopic (exact) mass is 438 g/mol. The first-order chi connectivity index (χ1) is 11.2. The molecule has 2 rings (SSSR count). The van der Waals surface area contributed by atoms with Crippen molar-refractivity contribution in [2.24, 2.45) is 0 Å². The predicted molar refractivity (Wildman–Crippen MR) is 93.8 cm³/mol. The molecular weight excluding hydrogens is 424 g/mol. The Balaban J connectivity index is 2.75. The van der Waals surface area contributed by atoms with Crippen LogP contribution in [0.15, 0.2) is 11.1 Å². The van der Waals surface area contributed by atoms with Crippen LogP contribution in [-0.4, -0.2) is 33.1 Å². The number of ether oxygens (including phenoxy) is 2. The molecule has 9 heteroatoms. The zero-order valence-electron chi connectivity index (χ0n) is 13.3. The molecule has 6 nitrogen and oxygen atoms in total. The van der Waals surface area contributed by atoms with E-state index in [0.717, 1.165) is 6.26 Å². The zero-order valence-corrected chi connectivity index (χ0v) is 16.5. The maximum Gasteiger partial charge on any atom is 0.342 e. The average molecular weight is 440 g/mol. The van der Waals surface area contributed by atoms with Gasteiger partial charge in [-0.05, 0) is 18.9 Å². The van der Waals surface area contributed by atoms with Crippen molar-refractivity contribution in [2.45, 2.75) is 20.0 Å². The lowest BCUT2D eigenvalue weighted by Gasteiger charge is -2.18. The Morgan fingerprint density at radius 3 is 2.62 bits per heavy atom. The number of carbonyl (C=O) groups excluding carboxylic acids is 1. The van der Waals surface area contributed by atoms with Crippen LogP contribution in [0, 0.1) is 6.92 Å². The lowest BCUT2D eigenvalue weighted by Crippen LogP contribution is -2.13. The zero-order chi connectivity index (χ0) is 18.1. The van der Waals surface area contributed by atoms with Crippen molar-refractivity contribution < 1.29 is 26.9 Å². The van der Waals surface area contributed by atoms with Crippen LogP contribution in [0.3, 0.4) is 0 Å². The second-order valence-electron chi connectivity index (χ2n) is 5.17. The van der Waals surface area contributed by atoms with Crippen molar-refractivity contribution in [1.29, 1.82) is 0 Å². The molecule has 0 bridgehead atoms. The smallest absolute Gasteiger partial charge is 0.342 e. The Labute approximate surface area is 154 Å². The molecule has 0 saturated carbocycles. The molecule has 0 aliphatic carbocycles. The second kappa shape index (κ2) is 7.33. The number of benzene rings is 1. The number of fused-ring (bicyclic) bond motifs is 1. The van der Waals surface area contributed by atoms with Crippen molar-refractivity contribution in [3.05, 3.63) is 33.4 Å². The van der Waals surface area contributed by atoms with Gasteiger partial charge in [0.2, 0.25) is 0 Å². The van der Waals surface area contributed by atoms with E-state index in [2.05, 4.69) is 15.9 Å². The van der Waals surface area contributed by atoms with Gasteiger partial charge in [-0.25, -0.2) is 4.79 Å². The fourth-order valence-corrected chi connectivity index (χ4v) is 3.31. The van der Waals surface area contributed by atoms with Crippen LogP contribution in [0.2, 0.25) is 0 Å². The first-order valence-corrected chi connectivity index (χ1v) is 10.2. The molecule has 0 atom stereocenters. The fraction of sp³-hybridized carbons (Fsp3) is 0.400. The summed E-state index contributed by atoms with van der Waals surface area (Å²) in [7, 11) is -2.38. The van der Waals surface area contributed by atoms with Crippen molar-refractivity contribution in [3.8, 4) is 11.5 Å². The Morgan fingerprint density at radius 2 is 2.08 bits per heavy atom. The lowest BCUT2D eigenvalue weighted by molar-refractivity contribution is 0.0533. The molecule has 0 aromatic heterocycles. The Kier molecular flexibility index (Phi) is 5.83. The van der Waals surface area contributed by atoms with Crippen molar-refractivity contribution in [3.63, 3.8) is 0 Å². The Hall–Kier alpha value is -1.25. The third kappa shape index (κ3) is 3.87. The Bertz CT molecular complexity index is 816. The van der Waals surface area contributed by atoms with Crippen molar-refractivity contribution >= 4 is 43.6 Å². The van der Waals surface area contributed by atoms with Gasteiger partial charge in [-0.15, -0.1) is 0 Å². The number of carbonyl (C=O) groups is 1. The summed E-state index contributed by atoms with van der Waals surface area (Å²) in [5.41, 5.74) is 1.82. The molecule has 132 valence electrons. The van der Waals surface area contributed by atoms with Gasteiger partial charge in [0.05, 0.1) is 13.4 Å². The third-order valence-corrected chi connectivity index (χ3v) is 5.20. The summed E-state index contributed by atoms with van der Waals surface area (Å²) >= 11 is 9.24. The van der Waals surface area contributed by atoms with E-state index in [1.165, 1.54) is 7.11 Å². The van der Waals surface area contributed by atoms with E-state index in [1.54, 1.807) is 13.0 Å². The van der Waals surface area contributed by atoms with Crippen LogP contribution in [0.1, 0.15) is 27.0 Å². The molecule has 1 aromatic carbocycles. The average Bonchev–Trinajstić information content (AvgIpc) is 2.89. The number of rotatable bonds is 6. The highest BCUT2D eigenvalue weighted by atomic mass is 79.9. The normalized spacial score (nSPS) is 14.4. The fourth-order valence-electron chi connectivity index (χ4n) is 2.52.